The Kier molecular flexibility index (Phi) is 3.61. The van der Waals surface area contributed by atoms with Crippen molar-refractivity contribution in [1.82, 2.24) is 14.9 Å². The summed E-state index contributed by atoms with van der Waals surface area (Å²) in [7, 11) is 0. The van der Waals surface area contributed by atoms with Gasteiger partial charge in [0.15, 0.2) is 0 Å². The number of imidazole rings is 1. The zero-order chi connectivity index (χ0) is 11.5. The molecule has 0 saturated heterocycles. The van der Waals surface area contributed by atoms with Crippen LogP contribution in [0.25, 0.3) is 0 Å². The Balaban J connectivity index is 1.93. The zero-order valence-electron chi connectivity index (χ0n) is 10.2. The molecule has 2 rings (SSSR count). The maximum absolute atomic E-state index is 5.83. The molecule has 1 aliphatic rings. The van der Waals surface area contributed by atoms with E-state index >= 15 is 0 Å². The highest BCUT2D eigenvalue weighted by Gasteiger charge is 2.32. The lowest BCUT2D eigenvalue weighted by Gasteiger charge is -2.18. The lowest BCUT2D eigenvalue weighted by molar-refractivity contribution is 0.484. The van der Waals surface area contributed by atoms with Crippen molar-refractivity contribution in [3.05, 3.63) is 18.2 Å². The number of nitrogens with one attached hydrogen (secondary N) is 1. The SMILES string of the molecule is CCn1cncc1C(CN)NCC1CC1C. The molecule has 3 unspecified atom stereocenters. The molecule has 1 aromatic rings. The summed E-state index contributed by atoms with van der Waals surface area (Å²) >= 11 is 0. The number of hydrogen-bond donors (Lipinski definition) is 2. The fourth-order valence-corrected chi connectivity index (χ4v) is 2.17. The molecule has 3 atom stereocenters. The second-order valence-corrected chi connectivity index (χ2v) is 4.77. The van der Waals surface area contributed by atoms with E-state index in [9.17, 15) is 0 Å². The molecular formula is C12H22N4. The number of rotatable bonds is 6. The highest BCUT2D eigenvalue weighted by molar-refractivity contribution is 5.06. The van der Waals surface area contributed by atoms with Crippen LogP contribution in [-0.2, 0) is 6.54 Å². The van der Waals surface area contributed by atoms with Crippen molar-refractivity contribution in [2.45, 2.75) is 32.9 Å². The van der Waals surface area contributed by atoms with Crippen LogP contribution in [0, 0.1) is 11.8 Å². The van der Waals surface area contributed by atoms with Gasteiger partial charge >= 0.3 is 0 Å². The summed E-state index contributed by atoms with van der Waals surface area (Å²) in [6.07, 6.45) is 5.15. The summed E-state index contributed by atoms with van der Waals surface area (Å²) in [5, 5.41) is 3.55. The minimum atomic E-state index is 0.246. The van der Waals surface area contributed by atoms with Crippen molar-refractivity contribution < 1.29 is 0 Å². The van der Waals surface area contributed by atoms with Gasteiger partial charge in [-0.25, -0.2) is 4.98 Å². The predicted octanol–water partition coefficient (Wildman–Crippen LogP) is 1.15. The molecule has 1 aliphatic carbocycles. The van der Waals surface area contributed by atoms with Crippen molar-refractivity contribution in [2.75, 3.05) is 13.1 Å². The second-order valence-electron chi connectivity index (χ2n) is 4.77. The standard InChI is InChI=1S/C12H22N4/c1-3-16-8-14-7-12(16)11(5-13)15-6-10-4-9(10)2/h7-11,15H,3-6,13H2,1-2H3. The Morgan fingerprint density at radius 2 is 2.44 bits per heavy atom. The lowest BCUT2D eigenvalue weighted by atomic mass is 10.2. The van der Waals surface area contributed by atoms with E-state index in [1.165, 1.54) is 12.1 Å². The fourth-order valence-electron chi connectivity index (χ4n) is 2.17. The van der Waals surface area contributed by atoms with Gasteiger partial charge in [-0.1, -0.05) is 6.92 Å². The van der Waals surface area contributed by atoms with Gasteiger partial charge in [0.2, 0.25) is 0 Å². The molecule has 3 N–H and O–H groups in total. The number of nitrogens with zero attached hydrogens (tertiary/aromatic N) is 2. The molecule has 4 nitrogen and oxygen atoms in total. The molecule has 16 heavy (non-hydrogen) atoms. The first-order valence-electron chi connectivity index (χ1n) is 6.19. The van der Waals surface area contributed by atoms with Gasteiger partial charge in [-0.3, -0.25) is 0 Å². The van der Waals surface area contributed by atoms with Crippen LogP contribution in [0.5, 0.6) is 0 Å². The number of nitrogens with two attached hydrogens (primary N) is 1. The van der Waals surface area contributed by atoms with Crippen LogP contribution < -0.4 is 11.1 Å². The Hall–Kier alpha value is -0.870. The smallest absolute Gasteiger partial charge is 0.0948 e. The Morgan fingerprint density at radius 1 is 1.69 bits per heavy atom. The second kappa shape index (κ2) is 4.97. The van der Waals surface area contributed by atoms with Gasteiger partial charge in [0.1, 0.15) is 0 Å². The van der Waals surface area contributed by atoms with Crippen molar-refractivity contribution in [3.63, 3.8) is 0 Å². The molecule has 4 heteroatoms. The van der Waals surface area contributed by atoms with E-state index in [2.05, 4.69) is 28.7 Å². The molecule has 1 saturated carbocycles. The summed E-state index contributed by atoms with van der Waals surface area (Å²) in [5.74, 6) is 1.74. The normalized spacial score (nSPS) is 25.7. The van der Waals surface area contributed by atoms with Gasteiger partial charge in [-0.05, 0) is 31.7 Å². The largest absolute Gasteiger partial charge is 0.333 e. The maximum Gasteiger partial charge on any atom is 0.0948 e. The molecule has 90 valence electrons. The highest BCUT2D eigenvalue weighted by Crippen LogP contribution is 2.37. The number of aryl methyl sites for hydroxylation is 1. The van der Waals surface area contributed by atoms with Crippen LogP contribution in [0.15, 0.2) is 12.5 Å². The van der Waals surface area contributed by atoms with E-state index in [1.54, 1.807) is 0 Å². The third-order valence-corrected chi connectivity index (χ3v) is 3.58. The van der Waals surface area contributed by atoms with E-state index in [0.717, 1.165) is 24.9 Å². The molecule has 0 amide bonds. The molecule has 1 heterocycles. The van der Waals surface area contributed by atoms with E-state index in [1.807, 2.05) is 12.5 Å². The molecule has 1 aromatic heterocycles. The van der Waals surface area contributed by atoms with E-state index in [4.69, 9.17) is 5.73 Å². The van der Waals surface area contributed by atoms with Crippen LogP contribution >= 0.6 is 0 Å². The Morgan fingerprint density at radius 3 is 3.00 bits per heavy atom. The summed E-state index contributed by atoms with van der Waals surface area (Å²) in [6.45, 7) is 7.10. The molecule has 1 fully saturated rings. The predicted molar refractivity (Wildman–Crippen MR) is 65.0 cm³/mol. The average Bonchev–Trinajstić information content (AvgIpc) is 2.81. The summed E-state index contributed by atoms with van der Waals surface area (Å²) < 4.78 is 2.15. The van der Waals surface area contributed by atoms with E-state index < -0.39 is 0 Å². The van der Waals surface area contributed by atoms with Crippen molar-refractivity contribution in [1.29, 1.82) is 0 Å². The van der Waals surface area contributed by atoms with Crippen LogP contribution in [0.3, 0.4) is 0 Å². The van der Waals surface area contributed by atoms with Crippen LogP contribution in [0.2, 0.25) is 0 Å². The minimum Gasteiger partial charge on any atom is -0.333 e. The third kappa shape index (κ3) is 2.44. The summed E-state index contributed by atoms with van der Waals surface area (Å²) in [6, 6.07) is 0.246. The molecular weight excluding hydrogens is 200 g/mol. The van der Waals surface area contributed by atoms with Crippen molar-refractivity contribution >= 4 is 0 Å². The molecule has 0 radical (unpaired) electrons. The Bertz CT molecular complexity index is 334. The topological polar surface area (TPSA) is 55.9 Å². The number of hydrogen-bond acceptors (Lipinski definition) is 3. The average molecular weight is 222 g/mol. The van der Waals surface area contributed by atoms with Gasteiger partial charge in [0.05, 0.1) is 18.1 Å². The first-order valence-corrected chi connectivity index (χ1v) is 6.19. The van der Waals surface area contributed by atoms with E-state index in [-0.39, 0.29) is 6.04 Å². The monoisotopic (exact) mass is 222 g/mol. The van der Waals surface area contributed by atoms with Crippen molar-refractivity contribution in [3.8, 4) is 0 Å². The Labute approximate surface area is 97.2 Å². The van der Waals surface area contributed by atoms with Crippen LogP contribution in [0.4, 0.5) is 0 Å². The summed E-state index contributed by atoms with van der Waals surface area (Å²) in [4.78, 5) is 4.19. The molecule has 0 bridgehead atoms. The van der Waals surface area contributed by atoms with Gasteiger partial charge in [0, 0.05) is 19.3 Å². The molecule has 0 aliphatic heterocycles. The first kappa shape index (κ1) is 11.6. The van der Waals surface area contributed by atoms with Gasteiger partial charge in [-0.15, -0.1) is 0 Å². The number of aromatic nitrogens is 2. The van der Waals surface area contributed by atoms with Crippen molar-refractivity contribution in [2.24, 2.45) is 17.6 Å². The fraction of sp³-hybridized carbons (Fsp3) is 0.750. The highest BCUT2D eigenvalue weighted by atomic mass is 15.1. The quantitative estimate of drug-likeness (QED) is 0.759. The maximum atomic E-state index is 5.83. The zero-order valence-corrected chi connectivity index (χ0v) is 10.2. The van der Waals surface area contributed by atoms with Gasteiger partial charge in [-0.2, -0.15) is 0 Å². The van der Waals surface area contributed by atoms with Crippen LogP contribution in [0.1, 0.15) is 32.0 Å². The summed E-state index contributed by atoms with van der Waals surface area (Å²) in [5.41, 5.74) is 7.03. The van der Waals surface area contributed by atoms with E-state index in [0.29, 0.717) is 6.54 Å². The molecule has 0 aromatic carbocycles. The minimum absolute atomic E-state index is 0.246. The lowest BCUT2D eigenvalue weighted by Crippen LogP contribution is -2.31. The van der Waals surface area contributed by atoms with Gasteiger partial charge in [0.25, 0.3) is 0 Å². The molecule has 0 spiro atoms. The first-order chi connectivity index (χ1) is 7.76. The van der Waals surface area contributed by atoms with Gasteiger partial charge < -0.3 is 15.6 Å². The van der Waals surface area contributed by atoms with Crippen LogP contribution in [-0.4, -0.2) is 22.6 Å². The third-order valence-electron chi connectivity index (χ3n) is 3.58.